The minimum atomic E-state index is -0.319. The second-order valence-corrected chi connectivity index (χ2v) is 8.77. The van der Waals surface area contributed by atoms with Crippen LogP contribution in [0.3, 0.4) is 0 Å². The number of anilines is 1. The van der Waals surface area contributed by atoms with Gasteiger partial charge in [0.25, 0.3) is 5.82 Å². The van der Waals surface area contributed by atoms with E-state index in [0.29, 0.717) is 37.8 Å². The van der Waals surface area contributed by atoms with Crippen molar-refractivity contribution in [3.8, 4) is 16.9 Å². The first-order valence-corrected chi connectivity index (χ1v) is 11.0. The summed E-state index contributed by atoms with van der Waals surface area (Å²) >= 11 is 18.7. The van der Waals surface area contributed by atoms with Crippen LogP contribution in [0.5, 0.6) is 0 Å². The molecule has 1 N–H and O–H groups in total. The van der Waals surface area contributed by atoms with Gasteiger partial charge in [0.2, 0.25) is 0 Å². The smallest absolute Gasteiger partial charge is 0.359 e. The summed E-state index contributed by atoms with van der Waals surface area (Å²) in [6.07, 6.45) is 1.94. The predicted octanol–water partition coefficient (Wildman–Crippen LogP) is 3.20. The van der Waals surface area contributed by atoms with Crippen LogP contribution in [0.2, 0.25) is 15.1 Å². The zero-order valence-electron chi connectivity index (χ0n) is 18.0. The van der Waals surface area contributed by atoms with E-state index >= 15 is 0 Å². The van der Waals surface area contributed by atoms with Crippen LogP contribution in [-0.4, -0.2) is 15.7 Å². The molecular formula is C24H20Cl3IN4O. The molecule has 0 spiro atoms. The van der Waals surface area contributed by atoms with Crippen molar-refractivity contribution in [2.24, 2.45) is 7.05 Å². The van der Waals surface area contributed by atoms with Gasteiger partial charge in [-0.3, -0.25) is 0 Å². The maximum atomic E-state index is 13.2. The number of hydrogen-bond acceptors (Lipinski definition) is 2. The molecule has 0 radical (unpaired) electrons. The number of halogens is 4. The van der Waals surface area contributed by atoms with Crippen molar-refractivity contribution in [3.63, 3.8) is 0 Å². The minimum absolute atomic E-state index is 0. The molecule has 0 saturated heterocycles. The average molecular weight is 614 g/mol. The first kappa shape index (κ1) is 25.5. The number of nitrogens with one attached hydrogen (secondary N) is 1. The monoisotopic (exact) mass is 612 g/mol. The highest BCUT2D eigenvalue weighted by Gasteiger charge is 2.26. The van der Waals surface area contributed by atoms with E-state index in [-0.39, 0.29) is 29.9 Å². The summed E-state index contributed by atoms with van der Waals surface area (Å²) in [5.41, 5.74) is 4.30. The van der Waals surface area contributed by atoms with E-state index < -0.39 is 0 Å². The SMILES string of the molecule is Cc1ccc(NC(=O)c2nn(-c3ccc(Cl)cc3Cl)c(-c3ccc(Cl)cc3)c2C)[n+](C)c1.[I-]. The molecule has 170 valence electrons. The zero-order chi connectivity index (χ0) is 23.0. The first-order chi connectivity index (χ1) is 15.2. The van der Waals surface area contributed by atoms with Gasteiger partial charge in [-0.15, -0.1) is 0 Å². The molecule has 5 nitrogen and oxygen atoms in total. The summed E-state index contributed by atoms with van der Waals surface area (Å²) in [4.78, 5) is 13.2. The third kappa shape index (κ3) is 5.35. The number of rotatable bonds is 4. The molecule has 0 atom stereocenters. The normalized spacial score (nSPS) is 10.6. The number of hydrogen-bond donors (Lipinski definition) is 1. The van der Waals surface area contributed by atoms with E-state index in [9.17, 15) is 4.79 Å². The third-order valence-corrected chi connectivity index (χ3v) is 5.91. The molecule has 33 heavy (non-hydrogen) atoms. The minimum Gasteiger partial charge on any atom is -1.00 e. The maximum absolute atomic E-state index is 13.2. The van der Waals surface area contributed by atoms with Crippen molar-refractivity contribution < 1.29 is 33.3 Å². The summed E-state index contributed by atoms with van der Waals surface area (Å²) in [5.74, 6) is 0.341. The number of pyridine rings is 1. The topological polar surface area (TPSA) is 50.8 Å². The van der Waals surface area contributed by atoms with Crippen LogP contribution in [0.4, 0.5) is 5.82 Å². The van der Waals surface area contributed by atoms with Gasteiger partial charge in [0.1, 0.15) is 0 Å². The molecule has 2 aromatic carbocycles. The molecule has 9 heteroatoms. The van der Waals surface area contributed by atoms with Crippen LogP contribution in [0.15, 0.2) is 60.8 Å². The molecule has 0 unspecified atom stereocenters. The Hall–Kier alpha value is -2.13. The van der Waals surface area contributed by atoms with Crippen molar-refractivity contribution in [2.45, 2.75) is 13.8 Å². The molecular weight excluding hydrogens is 594 g/mol. The number of amides is 1. The summed E-state index contributed by atoms with van der Waals surface area (Å²) < 4.78 is 3.52. The zero-order valence-corrected chi connectivity index (χ0v) is 22.5. The lowest BCUT2D eigenvalue weighted by atomic mass is 10.1. The lowest BCUT2D eigenvalue weighted by molar-refractivity contribution is -0.657. The van der Waals surface area contributed by atoms with Gasteiger partial charge < -0.3 is 24.0 Å². The fraction of sp³-hybridized carbons (Fsp3) is 0.125. The molecule has 4 aromatic rings. The Balaban J connectivity index is 0.00000306. The molecule has 0 bridgehead atoms. The van der Waals surface area contributed by atoms with Crippen LogP contribution >= 0.6 is 34.8 Å². The summed E-state index contributed by atoms with van der Waals surface area (Å²) in [5, 5.41) is 9.15. The number of benzene rings is 2. The van der Waals surface area contributed by atoms with Gasteiger partial charge in [0.05, 0.1) is 29.6 Å². The Morgan fingerprint density at radius 1 is 0.970 bits per heavy atom. The Bertz CT molecular complexity index is 1340. The standard InChI is InChI=1S/C24H19Cl3N4O.HI/c1-14-4-11-21(30(3)13-14)28-24(32)22-15(2)23(16-5-7-17(25)8-6-16)31(29-22)20-10-9-18(26)12-19(20)27;/h4-13H,1-3H3;1H. The van der Waals surface area contributed by atoms with E-state index in [1.165, 1.54) is 0 Å². The van der Waals surface area contributed by atoms with Crippen LogP contribution < -0.4 is 33.9 Å². The molecule has 0 fully saturated rings. The van der Waals surface area contributed by atoms with E-state index in [1.807, 2.05) is 55.9 Å². The van der Waals surface area contributed by atoms with Crippen LogP contribution in [-0.2, 0) is 7.05 Å². The molecule has 1 amide bonds. The van der Waals surface area contributed by atoms with Crippen LogP contribution in [0.1, 0.15) is 21.6 Å². The van der Waals surface area contributed by atoms with E-state index in [0.717, 1.165) is 16.8 Å². The van der Waals surface area contributed by atoms with Gasteiger partial charge in [0.15, 0.2) is 5.69 Å². The largest absolute Gasteiger partial charge is 1.00 e. The van der Waals surface area contributed by atoms with Gasteiger partial charge in [-0.25, -0.2) is 19.4 Å². The highest BCUT2D eigenvalue weighted by atomic mass is 127. The Morgan fingerprint density at radius 3 is 2.27 bits per heavy atom. The number of aryl methyl sites for hydroxylation is 2. The van der Waals surface area contributed by atoms with Crippen molar-refractivity contribution in [1.29, 1.82) is 0 Å². The van der Waals surface area contributed by atoms with E-state index in [1.54, 1.807) is 35.0 Å². The Morgan fingerprint density at radius 2 is 1.64 bits per heavy atom. The van der Waals surface area contributed by atoms with E-state index in [4.69, 9.17) is 34.8 Å². The highest BCUT2D eigenvalue weighted by molar-refractivity contribution is 6.35. The summed E-state index contributed by atoms with van der Waals surface area (Å²) in [6, 6.07) is 16.3. The van der Waals surface area contributed by atoms with Gasteiger partial charge in [-0.1, -0.05) is 46.9 Å². The highest BCUT2D eigenvalue weighted by Crippen LogP contribution is 2.33. The molecule has 0 aliphatic carbocycles. The fourth-order valence-electron chi connectivity index (χ4n) is 3.54. The fourth-order valence-corrected chi connectivity index (χ4v) is 4.15. The number of carbonyl (C=O) groups excluding carboxylic acids is 1. The van der Waals surface area contributed by atoms with Gasteiger partial charge in [-0.2, -0.15) is 5.10 Å². The first-order valence-electron chi connectivity index (χ1n) is 9.83. The van der Waals surface area contributed by atoms with Crippen molar-refractivity contribution in [3.05, 3.63) is 92.7 Å². The van der Waals surface area contributed by atoms with Crippen molar-refractivity contribution in [1.82, 2.24) is 9.78 Å². The Labute approximate surface area is 224 Å². The number of carbonyl (C=O) groups is 1. The molecule has 4 rings (SSSR count). The maximum Gasteiger partial charge on any atom is 0.359 e. The summed E-state index contributed by atoms with van der Waals surface area (Å²) in [7, 11) is 1.88. The molecule has 0 aliphatic heterocycles. The van der Waals surface area contributed by atoms with Gasteiger partial charge in [0, 0.05) is 27.2 Å². The van der Waals surface area contributed by atoms with Gasteiger partial charge in [-0.05, 0) is 55.8 Å². The molecule has 2 heterocycles. The van der Waals surface area contributed by atoms with E-state index in [2.05, 4.69) is 10.4 Å². The molecule has 0 saturated carbocycles. The van der Waals surface area contributed by atoms with Gasteiger partial charge >= 0.3 is 5.91 Å². The number of aromatic nitrogens is 3. The third-order valence-electron chi connectivity index (χ3n) is 5.12. The lowest BCUT2D eigenvalue weighted by Crippen LogP contribution is -3.00. The summed E-state index contributed by atoms with van der Waals surface area (Å²) in [6.45, 7) is 3.85. The average Bonchev–Trinajstić information content (AvgIpc) is 3.07. The quantitative estimate of drug-likeness (QED) is 0.284. The molecule has 0 aliphatic rings. The second-order valence-electron chi connectivity index (χ2n) is 7.49. The molecule has 2 aromatic heterocycles. The van der Waals surface area contributed by atoms with Crippen LogP contribution in [0, 0.1) is 13.8 Å². The number of nitrogens with zero attached hydrogens (tertiary/aromatic N) is 3. The second kappa shape index (κ2) is 10.4. The van der Waals surface area contributed by atoms with Crippen molar-refractivity contribution in [2.75, 3.05) is 5.32 Å². The van der Waals surface area contributed by atoms with Crippen LogP contribution in [0.25, 0.3) is 16.9 Å². The predicted molar refractivity (Wildman–Crippen MR) is 129 cm³/mol. The Kier molecular flexibility index (Phi) is 8.05. The van der Waals surface area contributed by atoms with Crippen molar-refractivity contribution >= 4 is 46.5 Å². The lowest BCUT2D eigenvalue weighted by Gasteiger charge is -2.11.